The van der Waals surface area contributed by atoms with E-state index in [0.717, 1.165) is 31.2 Å². The van der Waals surface area contributed by atoms with Crippen molar-refractivity contribution < 1.29 is 23.9 Å². The largest absolute Gasteiger partial charge is 0.484 e. The van der Waals surface area contributed by atoms with Crippen LogP contribution in [0.15, 0.2) is 29.4 Å². The first-order valence-corrected chi connectivity index (χ1v) is 10.7. The predicted molar refractivity (Wildman–Crippen MR) is 117 cm³/mol. The monoisotopic (exact) mass is 432 g/mol. The number of nitrogens with one attached hydrogen (secondary N) is 3. The van der Waals surface area contributed by atoms with Gasteiger partial charge in [0, 0.05) is 26.3 Å². The molecule has 1 saturated carbocycles. The second-order valence-corrected chi connectivity index (χ2v) is 7.43. The average molecular weight is 433 g/mol. The molecule has 9 nitrogen and oxygen atoms in total. The summed E-state index contributed by atoms with van der Waals surface area (Å²) in [6, 6.07) is 7.23. The zero-order valence-corrected chi connectivity index (χ0v) is 18.0. The quantitative estimate of drug-likeness (QED) is 0.200. The lowest BCUT2D eigenvalue weighted by Gasteiger charge is -2.22. The van der Waals surface area contributed by atoms with Crippen LogP contribution in [0, 0.1) is 0 Å². The number of ether oxygens (including phenoxy) is 2. The lowest BCUT2D eigenvalue weighted by Crippen LogP contribution is -2.38. The molecule has 0 aromatic heterocycles. The lowest BCUT2D eigenvalue weighted by atomic mass is 9.95. The molecule has 0 atom stereocenters. The highest BCUT2D eigenvalue weighted by Crippen LogP contribution is 2.17. The van der Waals surface area contributed by atoms with Crippen LogP contribution >= 0.6 is 0 Å². The van der Waals surface area contributed by atoms with E-state index in [9.17, 15) is 14.4 Å². The summed E-state index contributed by atoms with van der Waals surface area (Å²) in [4.78, 5) is 35.3. The minimum Gasteiger partial charge on any atom is -0.484 e. The number of methoxy groups -OCH3 is 1. The van der Waals surface area contributed by atoms with Gasteiger partial charge in [-0.3, -0.25) is 14.4 Å². The zero-order chi connectivity index (χ0) is 22.3. The molecule has 2 rings (SSSR count). The number of amides is 3. The summed E-state index contributed by atoms with van der Waals surface area (Å²) in [5, 5.41) is 9.48. The van der Waals surface area contributed by atoms with E-state index in [1.165, 1.54) is 12.6 Å². The number of hydrogen-bond acceptors (Lipinski definition) is 6. The third-order valence-electron chi connectivity index (χ3n) is 4.79. The summed E-state index contributed by atoms with van der Waals surface area (Å²) < 4.78 is 10.4. The Labute approximate surface area is 182 Å². The molecule has 1 aromatic rings. The maximum Gasteiger partial charge on any atom is 0.258 e. The molecule has 1 aromatic carbocycles. The van der Waals surface area contributed by atoms with Gasteiger partial charge in [0.1, 0.15) is 12.2 Å². The fraction of sp³-hybridized carbons (Fsp3) is 0.545. The van der Waals surface area contributed by atoms with E-state index >= 15 is 0 Å². The van der Waals surface area contributed by atoms with Crippen molar-refractivity contribution in [2.24, 2.45) is 5.10 Å². The topological polar surface area (TPSA) is 118 Å². The molecule has 0 unspecified atom stereocenters. The Bertz CT molecular complexity index is 730. The van der Waals surface area contributed by atoms with E-state index < -0.39 is 5.91 Å². The maximum absolute atomic E-state index is 12.0. The highest BCUT2D eigenvalue weighted by atomic mass is 16.5. The summed E-state index contributed by atoms with van der Waals surface area (Å²) in [5.41, 5.74) is 3.06. The Morgan fingerprint density at radius 2 is 1.81 bits per heavy atom. The molecule has 1 aliphatic rings. The highest BCUT2D eigenvalue weighted by Gasteiger charge is 2.15. The zero-order valence-electron chi connectivity index (χ0n) is 18.0. The Balaban J connectivity index is 1.64. The molecule has 3 amide bonds. The molecule has 1 aliphatic carbocycles. The molecule has 9 heteroatoms. The molecule has 0 bridgehead atoms. The third-order valence-corrected chi connectivity index (χ3v) is 4.79. The maximum atomic E-state index is 12.0. The first-order valence-electron chi connectivity index (χ1n) is 10.7. The van der Waals surface area contributed by atoms with Gasteiger partial charge in [0.05, 0.1) is 6.21 Å². The second-order valence-electron chi connectivity index (χ2n) is 7.43. The number of benzene rings is 1. The average Bonchev–Trinajstić information content (AvgIpc) is 2.77. The molecule has 0 saturated heterocycles. The van der Waals surface area contributed by atoms with E-state index in [2.05, 4.69) is 21.2 Å². The van der Waals surface area contributed by atoms with Gasteiger partial charge in [-0.1, -0.05) is 19.3 Å². The first-order chi connectivity index (χ1) is 15.1. The Kier molecular flexibility index (Phi) is 11.1. The van der Waals surface area contributed by atoms with Gasteiger partial charge in [0.15, 0.2) is 6.61 Å². The van der Waals surface area contributed by atoms with Gasteiger partial charge in [0.2, 0.25) is 11.8 Å². The molecule has 0 heterocycles. The van der Waals surface area contributed by atoms with E-state index in [1.54, 1.807) is 31.4 Å². The third kappa shape index (κ3) is 10.6. The Morgan fingerprint density at radius 3 is 2.52 bits per heavy atom. The van der Waals surface area contributed by atoms with Crippen molar-refractivity contribution >= 4 is 23.9 Å². The van der Waals surface area contributed by atoms with Crippen molar-refractivity contribution in [2.75, 3.05) is 26.9 Å². The SMILES string of the molecule is COCCCNC(=O)CC(=O)N/N=C/c1ccc(OCC(=O)NC2CCCCC2)cc1. The molecule has 0 spiro atoms. The van der Waals surface area contributed by atoms with E-state index in [0.29, 0.717) is 25.3 Å². The smallest absolute Gasteiger partial charge is 0.258 e. The van der Waals surface area contributed by atoms with Crippen LogP contribution in [-0.2, 0) is 19.1 Å². The Morgan fingerprint density at radius 1 is 1.06 bits per heavy atom. The summed E-state index contributed by atoms with van der Waals surface area (Å²) >= 11 is 0. The molecule has 1 fully saturated rings. The van der Waals surface area contributed by atoms with Crippen LogP contribution in [0.2, 0.25) is 0 Å². The lowest BCUT2D eigenvalue weighted by molar-refractivity contribution is -0.129. The van der Waals surface area contributed by atoms with Gasteiger partial charge in [-0.25, -0.2) is 5.43 Å². The Hall–Kier alpha value is -2.94. The van der Waals surface area contributed by atoms with Gasteiger partial charge in [-0.15, -0.1) is 0 Å². The van der Waals surface area contributed by atoms with Crippen molar-refractivity contribution in [3.8, 4) is 5.75 Å². The van der Waals surface area contributed by atoms with E-state index in [1.807, 2.05) is 0 Å². The van der Waals surface area contributed by atoms with Crippen LogP contribution in [0.5, 0.6) is 5.75 Å². The predicted octanol–water partition coefficient (Wildman–Crippen LogP) is 1.51. The van der Waals surface area contributed by atoms with Crippen molar-refractivity contribution in [3.05, 3.63) is 29.8 Å². The van der Waals surface area contributed by atoms with Crippen molar-refractivity contribution in [1.29, 1.82) is 0 Å². The molecule has 0 radical (unpaired) electrons. The van der Waals surface area contributed by atoms with Crippen LogP contribution in [0.1, 0.15) is 50.5 Å². The van der Waals surface area contributed by atoms with E-state index in [-0.39, 0.29) is 30.9 Å². The van der Waals surface area contributed by atoms with Crippen molar-refractivity contribution in [1.82, 2.24) is 16.1 Å². The number of carbonyl (C=O) groups excluding carboxylic acids is 3. The molecular formula is C22H32N4O5. The summed E-state index contributed by atoms with van der Waals surface area (Å²) in [5.74, 6) is -0.393. The normalized spacial score (nSPS) is 14.2. The first kappa shape index (κ1) is 24.3. The summed E-state index contributed by atoms with van der Waals surface area (Å²) in [6.45, 7) is 0.988. The second kappa shape index (κ2) is 14.1. The molecule has 31 heavy (non-hydrogen) atoms. The minimum absolute atomic E-state index is 0.0203. The molecule has 170 valence electrons. The van der Waals surface area contributed by atoms with Crippen molar-refractivity contribution in [2.45, 2.75) is 51.0 Å². The van der Waals surface area contributed by atoms with Gasteiger partial charge >= 0.3 is 0 Å². The van der Waals surface area contributed by atoms with Crippen molar-refractivity contribution in [3.63, 3.8) is 0 Å². The summed E-state index contributed by atoms with van der Waals surface area (Å²) in [6.07, 6.45) is 7.51. The summed E-state index contributed by atoms with van der Waals surface area (Å²) in [7, 11) is 1.59. The molecule has 3 N–H and O–H groups in total. The van der Waals surface area contributed by atoms with Crippen LogP contribution < -0.4 is 20.8 Å². The van der Waals surface area contributed by atoms with Gasteiger partial charge in [0.25, 0.3) is 5.91 Å². The van der Waals surface area contributed by atoms with Gasteiger partial charge in [-0.05, 0) is 49.1 Å². The van der Waals surface area contributed by atoms with E-state index in [4.69, 9.17) is 9.47 Å². The van der Waals surface area contributed by atoms with Gasteiger partial charge < -0.3 is 20.1 Å². The number of hydrogen-bond donors (Lipinski definition) is 3. The van der Waals surface area contributed by atoms with Crippen LogP contribution in [0.4, 0.5) is 0 Å². The number of carbonyl (C=O) groups is 3. The number of nitrogens with zero attached hydrogens (tertiary/aromatic N) is 1. The number of rotatable bonds is 12. The number of hydrazone groups is 1. The van der Waals surface area contributed by atoms with Crippen LogP contribution in [0.3, 0.4) is 0 Å². The highest BCUT2D eigenvalue weighted by molar-refractivity contribution is 5.97. The standard InChI is InChI=1S/C22H32N4O5/c1-30-13-5-12-23-20(27)14-21(28)26-24-15-17-8-10-19(11-9-17)31-16-22(29)25-18-6-3-2-4-7-18/h8-11,15,18H,2-7,12-14,16H2,1H3,(H,23,27)(H,25,29)(H,26,28)/b24-15+. The molecular weight excluding hydrogens is 400 g/mol. The van der Waals surface area contributed by atoms with Crippen LogP contribution in [0.25, 0.3) is 0 Å². The fourth-order valence-corrected chi connectivity index (χ4v) is 3.19. The van der Waals surface area contributed by atoms with Crippen LogP contribution in [-0.4, -0.2) is 56.8 Å². The molecule has 0 aliphatic heterocycles. The minimum atomic E-state index is -0.496. The fourth-order valence-electron chi connectivity index (χ4n) is 3.19. The van der Waals surface area contributed by atoms with Gasteiger partial charge in [-0.2, -0.15) is 5.10 Å².